The number of pyridine rings is 1. The Morgan fingerprint density at radius 1 is 1.19 bits per heavy atom. The summed E-state index contributed by atoms with van der Waals surface area (Å²) < 4.78 is 26.0. The molecule has 1 aromatic carbocycles. The molecule has 1 aliphatic heterocycles. The van der Waals surface area contributed by atoms with E-state index < -0.39 is 10.0 Å². The highest BCUT2D eigenvalue weighted by atomic mass is 32.2. The number of amides is 1. The Morgan fingerprint density at radius 3 is 2.73 bits per heavy atom. The van der Waals surface area contributed by atoms with Crippen LogP contribution in [0.1, 0.15) is 23.2 Å². The van der Waals surface area contributed by atoms with E-state index in [1.54, 1.807) is 47.5 Å². The molecule has 3 rings (SSSR count). The zero-order chi connectivity index (χ0) is 18.7. The molecule has 138 valence electrons. The second-order valence-electron chi connectivity index (χ2n) is 6.37. The Bertz CT molecular complexity index is 912. The number of hydrogen-bond donors (Lipinski definition) is 1. The highest BCUT2D eigenvalue weighted by Crippen LogP contribution is 2.26. The smallest absolute Gasteiger partial charge is 0.259 e. The van der Waals surface area contributed by atoms with Crippen LogP contribution in [-0.2, 0) is 10.0 Å². The molecule has 8 heteroatoms. The Kier molecular flexibility index (Phi) is 5.13. The largest absolute Gasteiger partial charge is 0.362 e. The van der Waals surface area contributed by atoms with Gasteiger partial charge in [-0.05, 0) is 43.2 Å². The quantitative estimate of drug-likeness (QED) is 0.888. The summed E-state index contributed by atoms with van der Waals surface area (Å²) in [4.78, 5) is 18.6. The molecule has 26 heavy (non-hydrogen) atoms. The van der Waals surface area contributed by atoms with Gasteiger partial charge in [0.2, 0.25) is 10.0 Å². The molecular weight excluding hydrogens is 352 g/mol. The molecule has 0 unspecified atom stereocenters. The maximum Gasteiger partial charge on any atom is 0.259 e. The highest BCUT2D eigenvalue weighted by molar-refractivity contribution is 7.92. The molecule has 1 aliphatic rings. The minimum absolute atomic E-state index is 0.158. The predicted molar refractivity (Wildman–Crippen MR) is 103 cm³/mol. The van der Waals surface area contributed by atoms with E-state index in [4.69, 9.17) is 0 Å². The number of nitrogens with one attached hydrogen (secondary N) is 1. The van der Waals surface area contributed by atoms with Crippen LogP contribution in [0.25, 0.3) is 0 Å². The molecule has 0 radical (unpaired) electrons. The summed E-state index contributed by atoms with van der Waals surface area (Å²) in [6, 6.07) is 10.3. The molecule has 0 saturated carbocycles. The molecule has 1 aromatic heterocycles. The summed E-state index contributed by atoms with van der Waals surface area (Å²) >= 11 is 0. The zero-order valence-electron chi connectivity index (χ0n) is 14.8. The highest BCUT2D eigenvalue weighted by Gasteiger charge is 2.26. The second kappa shape index (κ2) is 7.33. The van der Waals surface area contributed by atoms with Crippen LogP contribution in [0, 0.1) is 0 Å². The number of rotatable bonds is 4. The molecule has 0 aliphatic carbocycles. The van der Waals surface area contributed by atoms with Crippen LogP contribution in [0.4, 0.5) is 17.2 Å². The lowest BCUT2D eigenvalue weighted by Crippen LogP contribution is -2.37. The summed E-state index contributed by atoms with van der Waals surface area (Å²) in [5.41, 5.74) is 1.57. The Hall–Kier alpha value is -2.61. The van der Waals surface area contributed by atoms with E-state index in [9.17, 15) is 13.2 Å². The summed E-state index contributed by atoms with van der Waals surface area (Å²) in [5, 5.41) is 2.83. The lowest BCUT2D eigenvalue weighted by Gasteiger charge is -2.28. The monoisotopic (exact) mass is 374 g/mol. The second-order valence-corrected chi connectivity index (χ2v) is 8.38. The van der Waals surface area contributed by atoms with Gasteiger partial charge in [-0.1, -0.05) is 6.07 Å². The first-order valence-electron chi connectivity index (χ1n) is 8.43. The SMILES string of the molecule is CN(C)c1ncccc1C(=O)Nc1cccc(N2CCCCS2(=O)=O)c1. The number of carbonyl (C=O) groups is 1. The van der Waals surface area contributed by atoms with Gasteiger partial charge in [-0.15, -0.1) is 0 Å². The van der Waals surface area contributed by atoms with E-state index in [0.29, 0.717) is 35.7 Å². The number of carbonyl (C=O) groups excluding carboxylic acids is 1. The lowest BCUT2D eigenvalue weighted by molar-refractivity contribution is 0.102. The fourth-order valence-corrected chi connectivity index (χ4v) is 4.58. The van der Waals surface area contributed by atoms with Crippen molar-refractivity contribution in [3.63, 3.8) is 0 Å². The third-order valence-electron chi connectivity index (χ3n) is 4.20. The zero-order valence-corrected chi connectivity index (χ0v) is 15.7. The van der Waals surface area contributed by atoms with Gasteiger partial charge in [0.05, 0.1) is 17.0 Å². The summed E-state index contributed by atoms with van der Waals surface area (Å²) in [7, 11) is 0.353. The van der Waals surface area contributed by atoms with Gasteiger partial charge in [0.1, 0.15) is 5.82 Å². The summed E-state index contributed by atoms with van der Waals surface area (Å²) in [6.45, 7) is 0.465. The standard InChI is InChI=1S/C18H22N4O3S/c1-21(2)17-16(9-6-10-19-17)18(23)20-14-7-5-8-15(13-14)22-11-3-4-12-26(22,24)25/h5-10,13H,3-4,11-12H2,1-2H3,(H,20,23). The summed E-state index contributed by atoms with van der Waals surface area (Å²) in [5.74, 6) is 0.436. The van der Waals surface area contributed by atoms with Crippen molar-refractivity contribution in [3.05, 3.63) is 48.2 Å². The Balaban J connectivity index is 1.85. The predicted octanol–water partition coefficient (Wildman–Crippen LogP) is 2.33. The van der Waals surface area contributed by atoms with Gasteiger partial charge in [0, 0.05) is 32.5 Å². The van der Waals surface area contributed by atoms with Crippen molar-refractivity contribution in [3.8, 4) is 0 Å². The summed E-state index contributed by atoms with van der Waals surface area (Å²) in [6.07, 6.45) is 3.15. The van der Waals surface area contributed by atoms with E-state index in [0.717, 1.165) is 6.42 Å². The number of benzene rings is 1. The third kappa shape index (κ3) is 3.80. The van der Waals surface area contributed by atoms with Crippen LogP contribution in [-0.4, -0.2) is 45.7 Å². The van der Waals surface area contributed by atoms with Crippen molar-refractivity contribution >= 4 is 33.1 Å². The number of aromatic nitrogens is 1. The van der Waals surface area contributed by atoms with Crippen molar-refractivity contribution in [2.45, 2.75) is 12.8 Å². The van der Waals surface area contributed by atoms with Gasteiger partial charge in [-0.25, -0.2) is 13.4 Å². The third-order valence-corrected chi connectivity index (χ3v) is 6.07. The Labute approximate surface area is 153 Å². The average molecular weight is 374 g/mol. The van der Waals surface area contributed by atoms with Gasteiger partial charge < -0.3 is 10.2 Å². The van der Waals surface area contributed by atoms with Crippen LogP contribution in [0.15, 0.2) is 42.6 Å². The topological polar surface area (TPSA) is 82.6 Å². The molecule has 1 saturated heterocycles. The maximum atomic E-state index is 12.6. The van der Waals surface area contributed by atoms with Crippen LogP contribution in [0.2, 0.25) is 0 Å². The minimum Gasteiger partial charge on any atom is -0.362 e. The van der Waals surface area contributed by atoms with Crippen molar-refractivity contribution in [1.82, 2.24) is 4.98 Å². The van der Waals surface area contributed by atoms with Gasteiger partial charge >= 0.3 is 0 Å². The van der Waals surface area contributed by atoms with Crippen LogP contribution >= 0.6 is 0 Å². The molecule has 1 amide bonds. The van der Waals surface area contributed by atoms with Crippen LogP contribution in [0.3, 0.4) is 0 Å². The van der Waals surface area contributed by atoms with E-state index in [2.05, 4.69) is 10.3 Å². The first kappa shape index (κ1) is 18.2. The first-order valence-corrected chi connectivity index (χ1v) is 10.0. The molecule has 2 aromatic rings. The van der Waals surface area contributed by atoms with Gasteiger partial charge in [-0.2, -0.15) is 0 Å². The van der Waals surface area contributed by atoms with Crippen molar-refractivity contribution in [2.24, 2.45) is 0 Å². The van der Waals surface area contributed by atoms with Gasteiger partial charge in [0.25, 0.3) is 5.91 Å². The molecule has 1 fully saturated rings. The average Bonchev–Trinajstić information content (AvgIpc) is 2.61. The first-order chi connectivity index (χ1) is 12.4. The van der Waals surface area contributed by atoms with Crippen LogP contribution < -0.4 is 14.5 Å². The normalized spacial score (nSPS) is 16.2. The fraction of sp³-hybridized carbons (Fsp3) is 0.333. The van der Waals surface area contributed by atoms with E-state index in [1.165, 1.54) is 4.31 Å². The molecule has 2 heterocycles. The molecule has 7 nitrogen and oxygen atoms in total. The van der Waals surface area contributed by atoms with Gasteiger partial charge in [-0.3, -0.25) is 9.10 Å². The molecular formula is C18H22N4O3S. The molecule has 0 bridgehead atoms. The lowest BCUT2D eigenvalue weighted by atomic mass is 10.2. The van der Waals surface area contributed by atoms with E-state index >= 15 is 0 Å². The number of hydrogen-bond acceptors (Lipinski definition) is 5. The number of sulfonamides is 1. The van der Waals surface area contributed by atoms with E-state index in [1.807, 2.05) is 14.1 Å². The number of nitrogens with zero attached hydrogens (tertiary/aromatic N) is 3. The van der Waals surface area contributed by atoms with Crippen molar-refractivity contribution < 1.29 is 13.2 Å². The van der Waals surface area contributed by atoms with Crippen molar-refractivity contribution in [2.75, 3.05) is 40.9 Å². The minimum atomic E-state index is -3.29. The number of anilines is 3. The molecule has 1 N–H and O–H groups in total. The van der Waals surface area contributed by atoms with Gasteiger partial charge in [0.15, 0.2) is 0 Å². The van der Waals surface area contributed by atoms with Crippen molar-refractivity contribution in [1.29, 1.82) is 0 Å². The molecule has 0 spiro atoms. The fourth-order valence-electron chi connectivity index (χ4n) is 2.95. The van der Waals surface area contributed by atoms with E-state index in [-0.39, 0.29) is 11.7 Å². The Morgan fingerprint density at radius 2 is 2.00 bits per heavy atom. The van der Waals surface area contributed by atoms with Crippen LogP contribution in [0.5, 0.6) is 0 Å². The maximum absolute atomic E-state index is 12.6. The molecule has 0 atom stereocenters.